The van der Waals surface area contributed by atoms with Gasteiger partial charge in [0.15, 0.2) is 23.0 Å². The molecule has 0 spiro atoms. The van der Waals surface area contributed by atoms with Crippen LogP contribution in [0.15, 0.2) is 93.4 Å². The lowest BCUT2D eigenvalue weighted by atomic mass is 9.93. The number of phenols is 2. The average Bonchev–Trinajstić information content (AvgIpc) is 3.73. The molecular formula is C42H40N4O6. The molecule has 0 radical (unpaired) electrons. The van der Waals surface area contributed by atoms with Crippen LogP contribution in [0, 0.1) is 0 Å². The summed E-state index contributed by atoms with van der Waals surface area (Å²) in [4.78, 5) is 15.0. The minimum absolute atomic E-state index is 0.137. The van der Waals surface area contributed by atoms with Gasteiger partial charge in [0.2, 0.25) is 0 Å². The number of hydrogen-bond donors (Lipinski definition) is 2. The summed E-state index contributed by atoms with van der Waals surface area (Å²) in [6.07, 6.45) is 2.71. The number of phenolic OH excluding ortho intramolecular Hbond substituents is 2. The lowest BCUT2D eigenvalue weighted by Gasteiger charge is -2.36. The summed E-state index contributed by atoms with van der Waals surface area (Å²) < 4.78 is 22.6. The number of rotatable bonds is 4. The molecule has 0 aliphatic carbocycles. The van der Waals surface area contributed by atoms with Gasteiger partial charge in [-0.25, -0.2) is 9.98 Å². The van der Waals surface area contributed by atoms with E-state index >= 15 is 0 Å². The van der Waals surface area contributed by atoms with Crippen molar-refractivity contribution in [2.24, 2.45) is 9.98 Å². The van der Waals surface area contributed by atoms with Crippen LogP contribution in [0.4, 0.5) is 0 Å². The Morgan fingerprint density at radius 1 is 0.558 bits per heavy atom. The van der Waals surface area contributed by atoms with Crippen LogP contribution in [0.3, 0.4) is 0 Å². The number of aromatic hydroxyl groups is 2. The molecule has 0 fully saturated rings. The Morgan fingerprint density at radius 2 is 1.00 bits per heavy atom. The van der Waals surface area contributed by atoms with E-state index in [9.17, 15) is 10.2 Å². The predicted octanol–water partition coefficient (Wildman–Crippen LogP) is 3.73. The van der Waals surface area contributed by atoms with E-state index in [-0.39, 0.29) is 11.5 Å². The quantitative estimate of drug-likeness (QED) is 0.333. The molecular weight excluding hydrogens is 656 g/mol. The van der Waals surface area contributed by atoms with E-state index in [2.05, 4.69) is 34.1 Å². The summed E-state index contributed by atoms with van der Waals surface area (Å²) in [5.74, 6) is 2.68. The van der Waals surface area contributed by atoms with E-state index in [4.69, 9.17) is 28.9 Å². The van der Waals surface area contributed by atoms with Crippen LogP contribution in [0.2, 0.25) is 0 Å². The van der Waals surface area contributed by atoms with Crippen LogP contribution in [0.25, 0.3) is 11.1 Å². The first-order valence-corrected chi connectivity index (χ1v) is 17.6. The van der Waals surface area contributed by atoms with Crippen LogP contribution in [0.5, 0.6) is 34.5 Å². The van der Waals surface area contributed by atoms with E-state index in [0.29, 0.717) is 37.4 Å². The fourth-order valence-corrected chi connectivity index (χ4v) is 8.40. The summed E-state index contributed by atoms with van der Waals surface area (Å²) in [6.45, 7) is 2.40. The maximum Gasteiger partial charge on any atom is 0.162 e. The third-order valence-corrected chi connectivity index (χ3v) is 11.0. The fraction of sp³-hybridized carbons (Fsp3) is 0.286. The predicted molar refractivity (Wildman–Crippen MR) is 195 cm³/mol. The van der Waals surface area contributed by atoms with E-state index in [0.717, 1.165) is 104 Å². The van der Waals surface area contributed by atoms with Crippen molar-refractivity contribution in [3.05, 3.63) is 127 Å². The average molecular weight is 697 g/mol. The largest absolute Gasteiger partial charge is 0.504 e. The maximum atomic E-state index is 11.6. The van der Waals surface area contributed by atoms with Gasteiger partial charge in [-0.05, 0) is 83.6 Å². The van der Waals surface area contributed by atoms with Gasteiger partial charge in [0, 0.05) is 84.1 Å². The number of ether oxygens (including phenoxy) is 4. The lowest BCUT2D eigenvalue weighted by molar-refractivity contribution is 0.307. The smallest absolute Gasteiger partial charge is 0.162 e. The maximum absolute atomic E-state index is 11.6. The van der Waals surface area contributed by atoms with Gasteiger partial charge in [-0.15, -0.1) is 0 Å². The number of nitrogens with zero attached hydrogens (tertiary/aromatic N) is 4. The number of benzene rings is 4. The van der Waals surface area contributed by atoms with Crippen molar-refractivity contribution in [3.63, 3.8) is 0 Å². The summed E-state index contributed by atoms with van der Waals surface area (Å²) in [7, 11) is 6.53. The van der Waals surface area contributed by atoms with Gasteiger partial charge in [0.05, 0.1) is 50.5 Å². The number of methoxy groups -OCH3 is 4. The van der Waals surface area contributed by atoms with Crippen LogP contribution in [-0.2, 0) is 25.9 Å². The van der Waals surface area contributed by atoms with Gasteiger partial charge >= 0.3 is 0 Å². The van der Waals surface area contributed by atoms with Gasteiger partial charge in [-0.2, -0.15) is 0 Å². The highest BCUT2D eigenvalue weighted by Gasteiger charge is 2.32. The zero-order valence-corrected chi connectivity index (χ0v) is 29.7. The summed E-state index contributed by atoms with van der Waals surface area (Å²) in [5, 5.41) is 27.2. The second-order valence-corrected chi connectivity index (χ2v) is 13.8. The molecule has 4 aromatic rings. The Kier molecular flexibility index (Phi) is 7.64. The molecule has 0 saturated heterocycles. The van der Waals surface area contributed by atoms with Crippen molar-refractivity contribution in [2.75, 3.05) is 41.5 Å². The zero-order valence-electron chi connectivity index (χ0n) is 29.7. The number of hydrogen-bond acceptors (Lipinski definition) is 10. The molecule has 0 saturated carbocycles. The third kappa shape index (κ3) is 5.15. The van der Waals surface area contributed by atoms with E-state index in [1.54, 1.807) is 28.4 Å². The molecule has 0 aromatic heterocycles. The molecule has 5 aliphatic heterocycles. The number of allylic oxidation sites excluding steroid dienone is 4. The molecule has 4 bridgehead atoms. The fourth-order valence-electron chi connectivity index (χ4n) is 8.40. The summed E-state index contributed by atoms with van der Waals surface area (Å²) >= 11 is 0. The van der Waals surface area contributed by atoms with E-state index < -0.39 is 0 Å². The molecule has 52 heavy (non-hydrogen) atoms. The Bertz CT molecular complexity index is 2350. The molecule has 10 heteroatoms. The van der Waals surface area contributed by atoms with Crippen LogP contribution in [0.1, 0.15) is 35.1 Å². The SMILES string of the molecule is COc1ccc2c(c1)=NC1=C3Cc4cc(c(O)c(OC)c4)CN4CCC5=c6ccc(OC)cc6=NC5=C4Cc4cc(c(O)c(OC)c4)CN3CCC=21. The molecule has 0 unspecified atom stereocenters. The van der Waals surface area contributed by atoms with Gasteiger partial charge in [-0.1, -0.05) is 0 Å². The molecule has 9 rings (SSSR count). The second kappa shape index (κ2) is 12.4. The third-order valence-electron chi connectivity index (χ3n) is 11.0. The highest BCUT2D eigenvalue weighted by molar-refractivity contribution is 5.71. The zero-order chi connectivity index (χ0) is 35.7. The minimum Gasteiger partial charge on any atom is -0.504 e. The minimum atomic E-state index is 0.137. The summed E-state index contributed by atoms with van der Waals surface area (Å²) in [6, 6.07) is 20.2. The van der Waals surface area contributed by atoms with Gasteiger partial charge in [0.25, 0.3) is 0 Å². The lowest BCUT2D eigenvalue weighted by Crippen LogP contribution is -2.32. The van der Waals surface area contributed by atoms with E-state index in [1.165, 1.54) is 11.1 Å². The normalized spacial score (nSPS) is 17.2. The molecule has 5 heterocycles. The van der Waals surface area contributed by atoms with Crippen LogP contribution in [-0.4, -0.2) is 61.5 Å². The first-order chi connectivity index (χ1) is 25.3. The Balaban J connectivity index is 1.25. The molecule has 0 amide bonds. The van der Waals surface area contributed by atoms with Gasteiger partial charge in [-0.3, -0.25) is 0 Å². The molecule has 5 aliphatic rings. The highest BCUT2D eigenvalue weighted by atomic mass is 16.5. The first kappa shape index (κ1) is 32.0. The number of fused-ring (bicyclic) bond motifs is 10. The van der Waals surface area contributed by atoms with Crippen molar-refractivity contribution in [3.8, 4) is 34.5 Å². The first-order valence-electron chi connectivity index (χ1n) is 17.6. The van der Waals surface area contributed by atoms with Crippen LogP contribution < -0.4 is 40.1 Å². The molecule has 10 nitrogen and oxygen atoms in total. The summed E-state index contributed by atoms with van der Waals surface area (Å²) in [5.41, 5.74) is 9.97. The standard InChI is InChI=1S/C42H40N4O6/c1-49-27-5-7-29-31-9-11-45-21-25-14-24(18-38(52-4)41(25)47)16-36-40-32(30-8-6-28(50-2)20-34(30)44-40)10-12-46(36)22-26-13-23(17-37(51-3)42(26)48)15-35(45)39(31)43-33(29)19-27/h5-8,13-14,17-20,47-48H,9-12,15-16,21-22H2,1-4H3. The molecule has 264 valence electrons. The molecule has 2 N–H and O–H groups in total. The van der Waals surface area contributed by atoms with Gasteiger partial charge in [0.1, 0.15) is 11.5 Å². The second-order valence-electron chi connectivity index (χ2n) is 13.8. The topological polar surface area (TPSA) is 109 Å². The van der Waals surface area contributed by atoms with Crippen molar-refractivity contribution in [2.45, 2.75) is 38.8 Å². The monoisotopic (exact) mass is 696 g/mol. The van der Waals surface area contributed by atoms with Gasteiger partial charge < -0.3 is 39.0 Å². The Morgan fingerprint density at radius 3 is 1.40 bits per heavy atom. The van der Waals surface area contributed by atoms with Crippen molar-refractivity contribution in [1.29, 1.82) is 0 Å². The Hall–Kier alpha value is -5.90. The molecule has 4 aromatic carbocycles. The highest BCUT2D eigenvalue weighted by Crippen LogP contribution is 2.42. The Labute approximate surface area is 301 Å². The van der Waals surface area contributed by atoms with Crippen LogP contribution >= 0.6 is 0 Å². The van der Waals surface area contributed by atoms with Crippen molar-refractivity contribution >= 4 is 11.1 Å². The van der Waals surface area contributed by atoms with Crippen molar-refractivity contribution < 1.29 is 29.2 Å². The molecule has 0 atom stereocenters. The van der Waals surface area contributed by atoms with Crippen molar-refractivity contribution in [1.82, 2.24) is 9.80 Å². The van der Waals surface area contributed by atoms with E-state index in [1.807, 2.05) is 36.4 Å².